The van der Waals surface area contributed by atoms with E-state index >= 15 is 0 Å². The number of benzene rings is 3. The van der Waals surface area contributed by atoms with Crippen molar-refractivity contribution in [3.05, 3.63) is 95.1 Å². The van der Waals surface area contributed by atoms with E-state index in [0.29, 0.717) is 12.1 Å². The van der Waals surface area contributed by atoms with E-state index in [1.165, 1.54) is 17.0 Å². The molecule has 214 valence electrons. The Morgan fingerprint density at radius 3 is 2.15 bits per heavy atom. The minimum absolute atomic E-state index is 0.0528. The quantitative estimate of drug-likeness (QED) is 0.314. The lowest BCUT2D eigenvalue weighted by molar-refractivity contribution is -0.140. The second-order valence-electron chi connectivity index (χ2n) is 10.3. The molecule has 0 aliphatic heterocycles. The van der Waals surface area contributed by atoms with Crippen molar-refractivity contribution in [1.82, 2.24) is 10.2 Å². The molecule has 2 amide bonds. The Bertz CT molecular complexity index is 1420. The van der Waals surface area contributed by atoms with E-state index in [1.807, 2.05) is 71.9 Å². The third-order valence-corrected chi connectivity index (χ3v) is 9.00. The highest BCUT2D eigenvalue weighted by Gasteiger charge is 2.34. The molecule has 0 saturated carbocycles. The van der Waals surface area contributed by atoms with Gasteiger partial charge in [0.2, 0.25) is 11.8 Å². The number of nitrogens with zero attached hydrogens (tertiary/aromatic N) is 2. The van der Waals surface area contributed by atoms with Crippen LogP contribution in [0.5, 0.6) is 0 Å². The number of carbonyl (C=O) groups is 2. The van der Waals surface area contributed by atoms with Gasteiger partial charge >= 0.3 is 0 Å². The van der Waals surface area contributed by atoms with Crippen molar-refractivity contribution in [2.75, 3.05) is 10.8 Å². The molecular formula is C32H41N3O4S. The predicted molar refractivity (Wildman–Crippen MR) is 161 cm³/mol. The van der Waals surface area contributed by atoms with E-state index < -0.39 is 28.5 Å². The fourth-order valence-corrected chi connectivity index (χ4v) is 5.92. The number of nitrogens with one attached hydrogen (secondary N) is 1. The van der Waals surface area contributed by atoms with Gasteiger partial charge in [-0.2, -0.15) is 0 Å². The molecule has 0 aliphatic rings. The molecule has 0 aliphatic carbocycles. The van der Waals surface area contributed by atoms with Gasteiger partial charge in [0.15, 0.2) is 0 Å². The SMILES string of the molecule is CCC(C)NC(=O)C(CC)N(Cc1cccc(C)c1)C(=O)CN(c1ccc(C)c(C)c1)S(=O)(=O)c1ccccc1. The van der Waals surface area contributed by atoms with Crippen molar-refractivity contribution in [3.8, 4) is 0 Å². The van der Waals surface area contributed by atoms with Gasteiger partial charge in [0.1, 0.15) is 12.6 Å². The van der Waals surface area contributed by atoms with Gasteiger partial charge < -0.3 is 10.2 Å². The highest BCUT2D eigenvalue weighted by atomic mass is 32.2. The molecule has 0 aromatic heterocycles. The van der Waals surface area contributed by atoms with Crippen LogP contribution in [0.15, 0.2) is 77.7 Å². The minimum Gasteiger partial charge on any atom is -0.352 e. The van der Waals surface area contributed by atoms with E-state index in [0.717, 1.165) is 33.0 Å². The van der Waals surface area contributed by atoms with Crippen molar-refractivity contribution in [1.29, 1.82) is 0 Å². The van der Waals surface area contributed by atoms with E-state index in [-0.39, 0.29) is 23.4 Å². The number of sulfonamides is 1. The third kappa shape index (κ3) is 7.50. The van der Waals surface area contributed by atoms with Gasteiger partial charge in [0.25, 0.3) is 10.0 Å². The van der Waals surface area contributed by atoms with Crippen LogP contribution in [0.2, 0.25) is 0 Å². The zero-order valence-electron chi connectivity index (χ0n) is 24.3. The maximum atomic E-state index is 14.1. The number of carbonyl (C=O) groups excluding carboxylic acids is 2. The van der Waals surface area contributed by atoms with E-state index in [1.54, 1.807) is 30.3 Å². The Labute approximate surface area is 239 Å². The summed E-state index contributed by atoms with van der Waals surface area (Å²) in [6.45, 7) is 11.3. The van der Waals surface area contributed by atoms with Crippen LogP contribution >= 0.6 is 0 Å². The number of anilines is 1. The van der Waals surface area contributed by atoms with E-state index in [4.69, 9.17) is 0 Å². The van der Waals surface area contributed by atoms with Crippen LogP contribution in [0.25, 0.3) is 0 Å². The molecule has 3 aromatic carbocycles. The molecule has 0 fully saturated rings. The van der Waals surface area contributed by atoms with Crippen molar-refractivity contribution in [3.63, 3.8) is 0 Å². The van der Waals surface area contributed by atoms with Gasteiger partial charge in [-0.1, -0.05) is 67.9 Å². The molecule has 0 radical (unpaired) electrons. The number of amides is 2. The smallest absolute Gasteiger partial charge is 0.264 e. The molecule has 7 nitrogen and oxygen atoms in total. The fraction of sp³-hybridized carbons (Fsp3) is 0.375. The number of hydrogen-bond acceptors (Lipinski definition) is 4. The molecule has 0 bridgehead atoms. The molecular weight excluding hydrogens is 522 g/mol. The van der Waals surface area contributed by atoms with Crippen LogP contribution in [0, 0.1) is 20.8 Å². The first-order chi connectivity index (χ1) is 19.0. The van der Waals surface area contributed by atoms with Gasteiger partial charge in [-0.05, 0) is 81.5 Å². The summed E-state index contributed by atoms with van der Waals surface area (Å²) in [5.74, 6) is -0.702. The summed E-state index contributed by atoms with van der Waals surface area (Å²) < 4.78 is 29.0. The second-order valence-corrected chi connectivity index (χ2v) is 12.2. The molecule has 2 atom stereocenters. The molecule has 40 heavy (non-hydrogen) atoms. The van der Waals surface area contributed by atoms with Gasteiger partial charge in [0.05, 0.1) is 10.6 Å². The van der Waals surface area contributed by atoms with Crippen LogP contribution < -0.4 is 9.62 Å². The first kappa shape index (κ1) is 30.9. The summed E-state index contributed by atoms with van der Waals surface area (Å²) in [6, 6.07) is 20.4. The molecule has 8 heteroatoms. The summed E-state index contributed by atoms with van der Waals surface area (Å²) in [7, 11) is -4.08. The normalized spacial score (nSPS) is 12.8. The van der Waals surface area contributed by atoms with Crippen LogP contribution in [0.1, 0.15) is 55.9 Å². The summed E-state index contributed by atoms with van der Waals surface area (Å²) in [5, 5.41) is 3.00. The highest BCUT2D eigenvalue weighted by molar-refractivity contribution is 7.92. The monoisotopic (exact) mass is 563 g/mol. The summed E-state index contributed by atoms with van der Waals surface area (Å²) in [4.78, 5) is 29.1. The molecule has 1 N–H and O–H groups in total. The number of aryl methyl sites for hydroxylation is 3. The van der Waals surface area contributed by atoms with Gasteiger partial charge in [0, 0.05) is 12.6 Å². The standard InChI is InChI=1S/C32H41N3O4S/c1-7-26(6)33-32(37)30(8-2)34(21-27-14-12-13-23(3)19-27)31(36)22-35(28-18-17-24(4)25(5)20-28)40(38,39)29-15-10-9-11-16-29/h9-20,26,30H,7-8,21-22H2,1-6H3,(H,33,37). The van der Waals surface area contributed by atoms with Crippen molar-refractivity contribution < 1.29 is 18.0 Å². The molecule has 0 spiro atoms. The molecule has 3 aromatic rings. The Hall–Kier alpha value is -3.65. The maximum absolute atomic E-state index is 14.1. The third-order valence-electron chi connectivity index (χ3n) is 7.21. The molecule has 0 heterocycles. The summed E-state index contributed by atoms with van der Waals surface area (Å²) in [5.41, 5.74) is 4.22. The average Bonchev–Trinajstić information content (AvgIpc) is 2.93. The first-order valence-corrected chi connectivity index (χ1v) is 15.2. The first-order valence-electron chi connectivity index (χ1n) is 13.8. The molecule has 3 rings (SSSR count). The number of hydrogen-bond donors (Lipinski definition) is 1. The van der Waals surface area contributed by atoms with Gasteiger partial charge in [-0.25, -0.2) is 8.42 Å². The molecule has 2 unspecified atom stereocenters. The van der Waals surface area contributed by atoms with Gasteiger partial charge in [-0.15, -0.1) is 0 Å². The Morgan fingerprint density at radius 1 is 0.850 bits per heavy atom. The Balaban J connectivity index is 2.07. The van der Waals surface area contributed by atoms with Crippen LogP contribution in [0.3, 0.4) is 0 Å². The van der Waals surface area contributed by atoms with E-state index in [9.17, 15) is 18.0 Å². The number of rotatable bonds is 12. The van der Waals surface area contributed by atoms with Gasteiger partial charge in [-0.3, -0.25) is 13.9 Å². The van der Waals surface area contributed by atoms with Crippen LogP contribution in [0.4, 0.5) is 5.69 Å². The summed E-state index contributed by atoms with van der Waals surface area (Å²) >= 11 is 0. The van der Waals surface area contributed by atoms with Crippen molar-refractivity contribution in [2.45, 2.75) is 77.9 Å². The second kappa shape index (κ2) is 13.6. The Kier molecular flexibility index (Phi) is 10.5. The lowest BCUT2D eigenvalue weighted by atomic mass is 10.1. The lowest BCUT2D eigenvalue weighted by Gasteiger charge is -2.34. The Morgan fingerprint density at radius 2 is 1.55 bits per heavy atom. The van der Waals surface area contributed by atoms with E-state index in [2.05, 4.69) is 5.32 Å². The average molecular weight is 564 g/mol. The zero-order chi connectivity index (χ0) is 29.4. The molecule has 0 saturated heterocycles. The minimum atomic E-state index is -4.08. The van der Waals surface area contributed by atoms with Crippen molar-refractivity contribution >= 4 is 27.5 Å². The largest absolute Gasteiger partial charge is 0.352 e. The van der Waals surface area contributed by atoms with Crippen LogP contribution in [-0.4, -0.2) is 43.8 Å². The zero-order valence-corrected chi connectivity index (χ0v) is 25.2. The lowest BCUT2D eigenvalue weighted by Crippen LogP contribution is -2.53. The van der Waals surface area contributed by atoms with Crippen molar-refractivity contribution in [2.24, 2.45) is 0 Å². The van der Waals surface area contributed by atoms with Crippen LogP contribution in [-0.2, 0) is 26.2 Å². The maximum Gasteiger partial charge on any atom is 0.264 e. The topological polar surface area (TPSA) is 86.8 Å². The fourth-order valence-electron chi connectivity index (χ4n) is 4.50. The predicted octanol–water partition coefficient (Wildman–Crippen LogP) is 5.53. The summed E-state index contributed by atoms with van der Waals surface area (Å²) in [6.07, 6.45) is 1.14. The highest BCUT2D eigenvalue weighted by Crippen LogP contribution is 2.27.